The third-order valence-electron chi connectivity index (χ3n) is 7.43. The molecule has 0 spiro atoms. The van der Waals surface area contributed by atoms with Crippen molar-refractivity contribution in [2.24, 2.45) is 5.73 Å². The lowest BCUT2D eigenvalue weighted by atomic mass is 9.91. The summed E-state index contributed by atoms with van der Waals surface area (Å²) in [6.07, 6.45) is 0.725. The van der Waals surface area contributed by atoms with Crippen LogP contribution in [-0.4, -0.2) is 43.9 Å². The number of phenolic OH excluding ortho intramolecular Hbond substituents is 1. The quantitative estimate of drug-likeness (QED) is 0.315. The van der Waals surface area contributed by atoms with Crippen LogP contribution in [0.25, 0.3) is 11.0 Å². The number of hydrogen-bond acceptors (Lipinski definition) is 5. The number of phenols is 1. The average molecular weight is 512 g/mol. The van der Waals surface area contributed by atoms with Gasteiger partial charge in [-0.25, -0.2) is 4.98 Å². The summed E-state index contributed by atoms with van der Waals surface area (Å²) in [4.78, 5) is 36.9. The highest BCUT2D eigenvalue weighted by atomic mass is 16.3. The zero-order valence-electron chi connectivity index (χ0n) is 21.9. The molecule has 0 saturated carbocycles. The lowest BCUT2D eigenvalue weighted by Gasteiger charge is -2.38. The summed E-state index contributed by atoms with van der Waals surface area (Å²) in [6, 6.07) is 17.0. The summed E-state index contributed by atoms with van der Waals surface area (Å²) < 4.78 is 0. The number of nitrogens with zero attached hydrogens (tertiary/aromatic N) is 2. The third-order valence-corrected chi connectivity index (χ3v) is 7.43. The van der Waals surface area contributed by atoms with E-state index in [-0.39, 0.29) is 23.6 Å². The van der Waals surface area contributed by atoms with Crippen molar-refractivity contribution < 1.29 is 14.7 Å². The second-order valence-electron chi connectivity index (χ2n) is 10.2. The summed E-state index contributed by atoms with van der Waals surface area (Å²) in [5, 5.41) is 13.0. The van der Waals surface area contributed by atoms with Gasteiger partial charge in [0.15, 0.2) is 0 Å². The number of aromatic hydroxyl groups is 1. The van der Waals surface area contributed by atoms with Crippen LogP contribution in [0.4, 0.5) is 0 Å². The fourth-order valence-corrected chi connectivity index (χ4v) is 5.36. The molecule has 0 aliphatic carbocycles. The van der Waals surface area contributed by atoms with Crippen LogP contribution in [0.3, 0.4) is 0 Å². The summed E-state index contributed by atoms with van der Waals surface area (Å²) >= 11 is 0. The number of nitrogens with one attached hydrogen (secondary N) is 2. The first-order valence-electron chi connectivity index (χ1n) is 12.9. The number of rotatable bonds is 6. The number of benzene rings is 3. The number of amides is 2. The topological polar surface area (TPSA) is 124 Å². The Bertz CT molecular complexity index is 1450. The number of carbonyl (C=O) groups is 2. The predicted molar refractivity (Wildman–Crippen MR) is 146 cm³/mol. The number of imidazole rings is 1. The number of H-pyrrole nitrogens is 1. The van der Waals surface area contributed by atoms with Gasteiger partial charge < -0.3 is 26.0 Å². The number of aromatic nitrogens is 2. The summed E-state index contributed by atoms with van der Waals surface area (Å²) in [5.41, 5.74) is 13.0. The highest BCUT2D eigenvalue weighted by Crippen LogP contribution is 2.27. The van der Waals surface area contributed by atoms with Crippen LogP contribution in [0.15, 0.2) is 60.7 Å². The minimum absolute atomic E-state index is 0.187. The zero-order chi connectivity index (χ0) is 27.0. The van der Waals surface area contributed by atoms with E-state index in [2.05, 4.69) is 15.3 Å². The van der Waals surface area contributed by atoms with Crippen LogP contribution in [0.1, 0.15) is 46.6 Å². The van der Waals surface area contributed by atoms with Gasteiger partial charge in [0.25, 0.3) is 0 Å². The number of hydrogen-bond donors (Lipinski definition) is 4. The number of carbonyl (C=O) groups excluding carboxylic acids is 2. The van der Waals surface area contributed by atoms with Crippen LogP contribution in [0, 0.1) is 13.8 Å². The molecule has 5 N–H and O–H groups in total. The molecular weight excluding hydrogens is 478 g/mol. The van der Waals surface area contributed by atoms with Crippen molar-refractivity contribution in [3.63, 3.8) is 0 Å². The minimum Gasteiger partial charge on any atom is -0.508 e. The van der Waals surface area contributed by atoms with Crippen molar-refractivity contribution in [3.05, 3.63) is 94.3 Å². The first-order chi connectivity index (χ1) is 18.2. The second-order valence-corrected chi connectivity index (χ2v) is 10.2. The molecule has 4 aromatic rings. The highest BCUT2D eigenvalue weighted by Gasteiger charge is 2.37. The Hall–Kier alpha value is -4.17. The Kier molecular flexibility index (Phi) is 6.91. The maximum Gasteiger partial charge on any atom is 0.243 e. The Morgan fingerprint density at radius 3 is 2.47 bits per heavy atom. The fourth-order valence-electron chi connectivity index (χ4n) is 5.36. The van der Waals surface area contributed by atoms with Crippen LogP contribution in [0.2, 0.25) is 0 Å². The Morgan fingerprint density at radius 2 is 1.76 bits per heavy atom. The highest BCUT2D eigenvalue weighted by molar-refractivity contribution is 5.91. The van der Waals surface area contributed by atoms with Gasteiger partial charge in [-0.05, 0) is 79.3 Å². The lowest BCUT2D eigenvalue weighted by Crippen LogP contribution is -2.57. The van der Waals surface area contributed by atoms with E-state index in [4.69, 9.17) is 5.73 Å². The molecule has 0 radical (unpaired) electrons. The maximum absolute atomic E-state index is 13.7. The van der Waals surface area contributed by atoms with Crippen LogP contribution in [0.5, 0.6) is 5.75 Å². The number of nitrogens with two attached hydrogens (primary N) is 1. The zero-order valence-corrected chi connectivity index (χ0v) is 21.9. The summed E-state index contributed by atoms with van der Waals surface area (Å²) in [5.74, 6) is 0.322. The van der Waals surface area contributed by atoms with Crippen LogP contribution in [-0.2, 0) is 29.0 Å². The average Bonchev–Trinajstić information content (AvgIpc) is 3.34. The molecule has 1 aliphatic heterocycles. The van der Waals surface area contributed by atoms with Crippen LogP contribution < -0.4 is 11.1 Å². The van der Waals surface area contributed by atoms with Gasteiger partial charge in [-0.2, -0.15) is 0 Å². The molecule has 0 saturated heterocycles. The number of aromatic amines is 1. The van der Waals surface area contributed by atoms with Crippen LogP contribution >= 0.6 is 0 Å². The van der Waals surface area contributed by atoms with E-state index in [0.29, 0.717) is 25.2 Å². The van der Waals surface area contributed by atoms with Gasteiger partial charge in [0.1, 0.15) is 17.6 Å². The predicted octanol–water partition coefficient (Wildman–Crippen LogP) is 3.59. The van der Waals surface area contributed by atoms with E-state index in [1.165, 1.54) is 0 Å². The monoisotopic (exact) mass is 511 g/mol. The molecule has 196 valence electrons. The Morgan fingerprint density at radius 1 is 1.11 bits per heavy atom. The van der Waals surface area contributed by atoms with Gasteiger partial charge in [-0.15, -0.1) is 0 Å². The molecule has 1 aromatic heterocycles. The smallest absolute Gasteiger partial charge is 0.243 e. The molecule has 2 amide bonds. The molecule has 3 atom stereocenters. The lowest BCUT2D eigenvalue weighted by molar-refractivity contribution is -0.143. The first kappa shape index (κ1) is 25.5. The van der Waals surface area contributed by atoms with E-state index in [1.54, 1.807) is 17.0 Å². The van der Waals surface area contributed by atoms with E-state index >= 15 is 0 Å². The number of para-hydroxylation sites is 2. The van der Waals surface area contributed by atoms with Crippen molar-refractivity contribution in [3.8, 4) is 5.75 Å². The summed E-state index contributed by atoms with van der Waals surface area (Å²) in [7, 11) is 0. The van der Waals surface area contributed by atoms with Gasteiger partial charge in [0, 0.05) is 13.0 Å². The van der Waals surface area contributed by atoms with Gasteiger partial charge in [-0.3, -0.25) is 9.59 Å². The molecule has 2 heterocycles. The second kappa shape index (κ2) is 10.3. The van der Waals surface area contributed by atoms with Crippen molar-refractivity contribution in [1.29, 1.82) is 0 Å². The standard InChI is InChI=1S/C30H33N5O3/c1-17-12-22(36)13-18(2)23(17)15-24(31)30(38)35-16-21-9-5-4-8-20(21)14-27(35)29(37)32-19(3)28-33-25-10-6-7-11-26(25)34-28/h4-13,19,24,27,36H,14-16,31H2,1-3H3,(H,32,37)(H,33,34)/t19-,24-,27-/m0/s1. The SMILES string of the molecule is Cc1cc(O)cc(C)c1C[C@H](N)C(=O)N1Cc2ccccc2C[C@H]1C(=O)N[C@@H](C)c1nc2ccccc2[nH]1. The molecular formula is C30H33N5O3. The van der Waals surface area contributed by atoms with E-state index in [1.807, 2.05) is 69.3 Å². The first-order valence-corrected chi connectivity index (χ1v) is 12.9. The van der Waals surface area contributed by atoms with E-state index in [0.717, 1.165) is 38.9 Å². The fraction of sp³-hybridized carbons (Fsp3) is 0.300. The largest absolute Gasteiger partial charge is 0.508 e. The molecule has 1 aliphatic rings. The van der Waals surface area contributed by atoms with Crippen molar-refractivity contribution >= 4 is 22.8 Å². The molecule has 38 heavy (non-hydrogen) atoms. The third kappa shape index (κ3) is 4.99. The van der Waals surface area contributed by atoms with E-state index < -0.39 is 12.1 Å². The Balaban J connectivity index is 1.38. The van der Waals surface area contributed by atoms with Gasteiger partial charge in [0.05, 0.1) is 23.1 Å². The van der Waals surface area contributed by atoms with Crippen molar-refractivity contribution in [2.45, 2.75) is 58.3 Å². The Labute approximate surface area is 221 Å². The van der Waals surface area contributed by atoms with Crippen molar-refractivity contribution in [1.82, 2.24) is 20.2 Å². The normalized spacial score (nSPS) is 16.6. The molecule has 0 fully saturated rings. The van der Waals surface area contributed by atoms with Crippen molar-refractivity contribution in [2.75, 3.05) is 0 Å². The molecule has 5 rings (SSSR count). The molecule has 8 nitrogen and oxygen atoms in total. The van der Waals surface area contributed by atoms with Gasteiger partial charge >= 0.3 is 0 Å². The molecule has 0 bridgehead atoms. The molecule has 8 heteroatoms. The summed E-state index contributed by atoms with van der Waals surface area (Å²) in [6.45, 7) is 5.98. The minimum atomic E-state index is -0.828. The maximum atomic E-state index is 13.7. The van der Waals surface area contributed by atoms with Gasteiger partial charge in [-0.1, -0.05) is 36.4 Å². The molecule has 0 unspecified atom stereocenters. The number of aryl methyl sites for hydroxylation is 2. The van der Waals surface area contributed by atoms with Gasteiger partial charge in [0.2, 0.25) is 11.8 Å². The van der Waals surface area contributed by atoms with E-state index in [9.17, 15) is 14.7 Å². The number of fused-ring (bicyclic) bond motifs is 2. The molecule has 3 aromatic carbocycles.